The minimum Gasteiger partial charge on any atom is -0.360 e. The molecule has 1 aromatic heterocycles. The highest BCUT2D eigenvalue weighted by Gasteiger charge is 2.34. The molecule has 3 aromatic carbocycles. The number of aromatic amines is 1. The molecule has 35 heavy (non-hydrogen) atoms. The van der Waals surface area contributed by atoms with E-state index < -0.39 is 11.7 Å². The number of H-pyrrole nitrogens is 1. The zero-order valence-corrected chi connectivity index (χ0v) is 20.3. The smallest absolute Gasteiger partial charge is 0.283 e. The molecule has 0 unspecified atom stereocenters. The van der Waals surface area contributed by atoms with E-state index in [0.717, 1.165) is 22.7 Å². The van der Waals surface area contributed by atoms with Gasteiger partial charge in [0.1, 0.15) is 11.5 Å². The number of benzene rings is 3. The standard InChI is InChI=1S/C26H16Cl2FN3O2S/c27-18-10-9-15(11-19(18)28)12-22-25(34)32(23-8-4-2-6-20(23)29)26(31-22)35-14-24(33)17-13-30-21-7-3-1-5-16(17)21/h1-13,30H,14H2. The van der Waals surface area contributed by atoms with Gasteiger partial charge in [-0.15, -0.1) is 0 Å². The largest absolute Gasteiger partial charge is 0.360 e. The van der Waals surface area contributed by atoms with Gasteiger partial charge >= 0.3 is 0 Å². The highest BCUT2D eigenvalue weighted by Crippen LogP contribution is 2.32. The first-order chi connectivity index (χ1) is 16.9. The molecule has 1 N–H and O–H groups in total. The van der Waals surface area contributed by atoms with Crippen LogP contribution >= 0.6 is 35.0 Å². The lowest BCUT2D eigenvalue weighted by atomic mass is 10.1. The average molecular weight is 524 g/mol. The summed E-state index contributed by atoms with van der Waals surface area (Å²) in [5.74, 6) is -1.21. The summed E-state index contributed by atoms with van der Waals surface area (Å²) in [6.45, 7) is 0. The van der Waals surface area contributed by atoms with Crippen molar-refractivity contribution in [1.29, 1.82) is 0 Å². The first-order valence-electron chi connectivity index (χ1n) is 10.5. The summed E-state index contributed by atoms with van der Waals surface area (Å²) in [5, 5.41) is 1.74. The molecule has 0 spiro atoms. The number of aliphatic imine (C=N–C) groups is 1. The Morgan fingerprint density at radius 3 is 2.63 bits per heavy atom. The fourth-order valence-electron chi connectivity index (χ4n) is 3.71. The summed E-state index contributed by atoms with van der Waals surface area (Å²) in [6.07, 6.45) is 3.22. The Morgan fingerprint density at radius 2 is 1.83 bits per heavy atom. The number of amidine groups is 1. The van der Waals surface area contributed by atoms with E-state index in [1.54, 1.807) is 36.5 Å². The zero-order valence-electron chi connectivity index (χ0n) is 18.0. The van der Waals surface area contributed by atoms with Crippen LogP contribution in [0.3, 0.4) is 0 Å². The molecule has 5 nitrogen and oxygen atoms in total. The van der Waals surface area contributed by atoms with Gasteiger partial charge in [0.15, 0.2) is 11.0 Å². The number of hydrogen-bond acceptors (Lipinski definition) is 4. The summed E-state index contributed by atoms with van der Waals surface area (Å²) in [4.78, 5) is 35.0. The predicted octanol–water partition coefficient (Wildman–Crippen LogP) is 6.97. The molecule has 0 aliphatic carbocycles. The Bertz CT molecular complexity index is 1550. The molecule has 4 aromatic rings. The lowest BCUT2D eigenvalue weighted by Crippen LogP contribution is -2.31. The molecule has 174 valence electrons. The number of nitrogens with zero attached hydrogens (tertiary/aromatic N) is 2. The SMILES string of the molecule is O=C(CSC1=NC(=Cc2ccc(Cl)c(Cl)c2)C(=O)N1c1ccccc1F)c1c[nH]c2ccccc12. The Hall–Kier alpha value is -3.39. The van der Waals surface area contributed by atoms with Crippen molar-refractivity contribution < 1.29 is 14.0 Å². The van der Waals surface area contributed by atoms with E-state index in [4.69, 9.17) is 23.2 Å². The number of carbonyl (C=O) groups excluding carboxylic acids is 2. The minimum absolute atomic E-state index is 0.0129. The summed E-state index contributed by atoms with van der Waals surface area (Å²) in [7, 11) is 0. The average Bonchev–Trinajstić information content (AvgIpc) is 3.42. The Balaban J connectivity index is 1.47. The molecule has 9 heteroatoms. The van der Waals surface area contributed by atoms with Crippen LogP contribution in [0, 0.1) is 5.82 Å². The van der Waals surface area contributed by atoms with Crippen LogP contribution in [-0.4, -0.2) is 27.6 Å². The van der Waals surface area contributed by atoms with Gasteiger partial charge in [0.05, 0.1) is 21.5 Å². The number of fused-ring (bicyclic) bond motifs is 1. The van der Waals surface area contributed by atoms with Gasteiger partial charge in [0.2, 0.25) is 0 Å². The summed E-state index contributed by atoms with van der Waals surface area (Å²) >= 11 is 13.2. The fourth-order valence-corrected chi connectivity index (χ4v) is 4.90. The number of nitrogens with one attached hydrogen (secondary N) is 1. The van der Waals surface area contributed by atoms with Gasteiger partial charge in [-0.3, -0.25) is 14.5 Å². The number of Topliss-reactive ketones (excluding diaryl/α,β-unsaturated/α-hetero) is 1. The molecular weight excluding hydrogens is 508 g/mol. The van der Waals surface area contributed by atoms with Crippen molar-refractivity contribution in [3.8, 4) is 0 Å². The van der Waals surface area contributed by atoms with Crippen LogP contribution in [0.4, 0.5) is 10.1 Å². The molecule has 0 fully saturated rings. The number of ketones is 1. The van der Waals surface area contributed by atoms with Crippen molar-refractivity contribution in [3.63, 3.8) is 0 Å². The number of carbonyl (C=O) groups is 2. The maximum absolute atomic E-state index is 14.7. The Kier molecular flexibility index (Phi) is 6.47. The number of thioether (sulfide) groups is 1. The number of anilines is 1. The van der Waals surface area contributed by atoms with Crippen LogP contribution in [0.2, 0.25) is 10.0 Å². The van der Waals surface area contributed by atoms with E-state index in [1.807, 2.05) is 24.3 Å². The van der Waals surface area contributed by atoms with Crippen molar-refractivity contribution in [2.45, 2.75) is 0 Å². The molecule has 1 aliphatic heterocycles. The number of rotatable bonds is 5. The molecule has 0 radical (unpaired) electrons. The van der Waals surface area contributed by atoms with Crippen molar-refractivity contribution in [3.05, 3.63) is 106 Å². The second kappa shape index (κ2) is 9.70. The lowest BCUT2D eigenvalue weighted by Gasteiger charge is -2.18. The first-order valence-corrected chi connectivity index (χ1v) is 12.2. The number of hydrogen-bond donors (Lipinski definition) is 1. The molecule has 5 rings (SSSR count). The van der Waals surface area contributed by atoms with E-state index in [1.165, 1.54) is 23.1 Å². The van der Waals surface area contributed by atoms with Crippen LogP contribution in [0.1, 0.15) is 15.9 Å². The van der Waals surface area contributed by atoms with Crippen LogP contribution in [0.15, 0.2) is 83.6 Å². The third-order valence-corrected chi connectivity index (χ3v) is 7.07. The van der Waals surface area contributed by atoms with E-state index >= 15 is 0 Å². The van der Waals surface area contributed by atoms with Gasteiger partial charge in [-0.25, -0.2) is 9.38 Å². The second-order valence-corrected chi connectivity index (χ2v) is 9.41. The molecule has 2 heterocycles. The van der Waals surface area contributed by atoms with Crippen molar-refractivity contribution in [2.24, 2.45) is 4.99 Å². The summed E-state index contributed by atoms with van der Waals surface area (Å²) in [6, 6.07) is 18.3. The number of para-hydroxylation sites is 2. The van der Waals surface area contributed by atoms with Crippen LogP contribution in [0.5, 0.6) is 0 Å². The van der Waals surface area contributed by atoms with E-state index in [0.29, 0.717) is 21.2 Å². The van der Waals surface area contributed by atoms with Crippen LogP contribution < -0.4 is 4.90 Å². The Morgan fingerprint density at radius 1 is 1.06 bits per heavy atom. The van der Waals surface area contributed by atoms with Gasteiger partial charge in [-0.2, -0.15) is 0 Å². The summed E-state index contributed by atoms with van der Waals surface area (Å²) in [5.41, 5.74) is 2.16. The fraction of sp³-hybridized carbons (Fsp3) is 0.0385. The van der Waals surface area contributed by atoms with Gasteiger partial charge in [-0.05, 0) is 42.0 Å². The van der Waals surface area contributed by atoms with Gasteiger partial charge < -0.3 is 4.98 Å². The lowest BCUT2D eigenvalue weighted by molar-refractivity contribution is -0.113. The monoisotopic (exact) mass is 523 g/mol. The first kappa shape index (κ1) is 23.4. The van der Waals surface area contributed by atoms with Crippen molar-refractivity contribution in [2.75, 3.05) is 10.7 Å². The van der Waals surface area contributed by atoms with Crippen LogP contribution in [0.25, 0.3) is 17.0 Å². The predicted molar refractivity (Wildman–Crippen MR) is 141 cm³/mol. The topological polar surface area (TPSA) is 65.5 Å². The van der Waals surface area contributed by atoms with Gasteiger partial charge in [0, 0.05) is 22.7 Å². The molecule has 1 aliphatic rings. The van der Waals surface area contributed by atoms with Crippen molar-refractivity contribution in [1.82, 2.24) is 4.98 Å². The quantitative estimate of drug-likeness (QED) is 0.227. The van der Waals surface area contributed by atoms with Gasteiger partial charge in [0.25, 0.3) is 5.91 Å². The van der Waals surface area contributed by atoms with E-state index in [2.05, 4.69) is 9.98 Å². The highest BCUT2D eigenvalue weighted by molar-refractivity contribution is 8.14. The number of amides is 1. The minimum atomic E-state index is -0.576. The normalized spacial score (nSPS) is 14.7. The third-order valence-electron chi connectivity index (χ3n) is 5.39. The Labute approximate surface area is 214 Å². The molecule has 0 atom stereocenters. The number of aromatic nitrogens is 1. The van der Waals surface area contributed by atoms with Crippen LogP contribution in [-0.2, 0) is 4.79 Å². The molecule has 0 saturated heterocycles. The maximum atomic E-state index is 14.7. The van der Waals surface area contributed by atoms with E-state index in [-0.39, 0.29) is 28.1 Å². The second-order valence-electron chi connectivity index (χ2n) is 7.65. The third kappa shape index (κ3) is 4.62. The maximum Gasteiger partial charge on any atom is 0.283 e. The zero-order chi connectivity index (χ0) is 24.5. The van der Waals surface area contributed by atoms with Crippen molar-refractivity contribution >= 4 is 74.5 Å². The number of halogens is 3. The van der Waals surface area contributed by atoms with E-state index in [9.17, 15) is 14.0 Å². The highest BCUT2D eigenvalue weighted by atomic mass is 35.5. The molecular formula is C26H16Cl2FN3O2S. The van der Waals surface area contributed by atoms with Gasteiger partial charge in [-0.1, -0.05) is 71.4 Å². The molecule has 0 bridgehead atoms. The molecule has 0 saturated carbocycles. The summed E-state index contributed by atoms with van der Waals surface area (Å²) < 4.78 is 14.7. The molecule has 1 amide bonds.